The summed E-state index contributed by atoms with van der Waals surface area (Å²) in [5.41, 5.74) is 0. The zero-order valence-electron chi connectivity index (χ0n) is 40.6. The van der Waals surface area contributed by atoms with Crippen molar-refractivity contribution in [1.82, 2.24) is 5.32 Å². The predicted octanol–water partition coefficient (Wildman–Crippen LogP) is 10.5. The fraction of sp³-hybridized carbons (Fsp3) is 0.811. The molecule has 0 aromatic carbocycles. The number of rotatable bonds is 42. The van der Waals surface area contributed by atoms with E-state index < -0.39 is 67.4 Å². The first kappa shape index (κ1) is 59.6. The van der Waals surface area contributed by atoms with Gasteiger partial charge >= 0.3 is 5.97 Å². The van der Waals surface area contributed by atoms with E-state index in [4.69, 9.17) is 14.2 Å². The third-order valence-corrected chi connectivity index (χ3v) is 12.0. The Hall–Kier alpha value is -2.38. The SMILES string of the molecule is CC/C=C/C/C=C/CCCCCCCCCC(=O)OC1C(OCC(NC(=O)C(O)CCCCCC/C=C\CCCC)C(O)/C=C/CCCCCCCCCCC)OC(CO)C(O)C1O. The van der Waals surface area contributed by atoms with Gasteiger partial charge in [0.15, 0.2) is 12.4 Å². The maximum atomic E-state index is 13.3. The van der Waals surface area contributed by atoms with Gasteiger partial charge in [-0.2, -0.15) is 0 Å². The number of aliphatic hydroxyl groups excluding tert-OH is 5. The molecule has 11 nitrogen and oxygen atoms in total. The summed E-state index contributed by atoms with van der Waals surface area (Å²) in [4.78, 5) is 26.3. The van der Waals surface area contributed by atoms with Crippen LogP contribution in [-0.2, 0) is 23.8 Å². The maximum Gasteiger partial charge on any atom is 0.306 e. The summed E-state index contributed by atoms with van der Waals surface area (Å²) in [5.74, 6) is -1.22. The van der Waals surface area contributed by atoms with E-state index in [1.807, 2.05) is 6.08 Å². The summed E-state index contributed by atoms with van der Waals surface area (Å²) >= 11 is 0. The number of hydrogen-bond acceptors (Lipinski definition) is 10. The van der Waals surface area contributed by atoms with Gasteiger partial charge in [-0.05, 0) is 70.6 Å². The van der Waals surface area contributed by atoms with Gasteiger partial charge in [0.2, 0.25) is 5.91 Å². The Morgan fingerprint density at radius 2 is 1.14 bits per heavy atom. The molecular weight excluding hydrogens is 811 g/mol. The van der Waals surface area contributed by atoms with Crippen molar-refractivity contribution in [2.75, 3.05) is 13.2 Å². The average molecular weight is 906 g/mol. The van der Waals surface area contributed by atoms with Gasteiger partial charge in [-0.15, -0.1) is 0 Å². The number of unbranched alkanes of at least 4 members (excludes halogenated alkanes) is 22. The minimum atomic E-state index is -1.62. The standard InChI is InChI=1S/C53H95NO10/c1-4-7-10-13-16-19-22-23-24-26-29-32-35-38-41-48(58)64-51-50(60)49(59)47(42-55)63-53(51)62-43-44(45(56)39-36-33-30-28-25-20-17-14-11-8-5-2)54-52(61)46(57)40-37-34-31-27-21-18-15-12-9-6-3/h7,10,15-16,18-19,36,39,44-47,49-51,53,55-57,59-60H,4-6,8-9,11-14,17,20-35,37-38,40-43H2,1-3H3,(H,54,61)/b10-7+,18-15-,19-16+,39-36+. The highest BCUT2D eigenvalue weighted by Crippen LogP contribution is 2.26. The van der Waals surface area contributed by atoms with E-state index in [1.165, 1.54) is 70.6 Å². The smallest absolute Gasteiger partial charge is 0.306 e. The van der Waals surface area contributed by atoms with Crippen LogP contribution in [0.15, 0.2) is 48.6 Å². The highest BCUT2D eigenvalue weighted by Gasteiger charge is 2.47. The number of esters is 1. The Balaban J connectivity index is 2.78. The summed E-state index contributed by atoms with van der Waals surface area (Å²) < 4.78 is 17.5. The molecule has 64 heavy (non-hydrogen) atoms. The zero-order chi connectivity index (χ0) is 46.9. The van der Waals surface area contributed by atoms with Gasteiger partial charge in [-0.3, -0.25) is 9.59 Å². The lowest BCUT2D eigenvalue weighted by molar-refractivity contribution is -0.305. The van der Waals surface area contributed by atoms with Gasteiger partial charge in [-0.25, -0.2) is 0 Å². The van der Waals surface area contributed by atoms with Crippen LogP contribution in [0.1, 0.15) is 213 Å². The van der Waals surface area contributed by atoms with E-state index in [9.17, 15) is 35.1 Å². The quantitative estimate of drug-likeness (QED) is 0.0196. The van der Waals surface area contributed by atoms with Crippen molar-refractivity contribution in [2.24, 2.45) is 0 Å². The molecule has 0 aliphatic carbocycles. The molecule has 1 heterocycles. The van der Waals surface area contributed by atoms with Crippen molar-refractivity contribution >= 4 is 11.9 Å². The van der Waals surface area contributed by atoms with Crippen molar-refractivity contribution in [3.8, 4) is 0 Å². The Bertz CT molecular complexity index is 1220. The number of allylic oxidation sites excluding steroid dienone is 7. The van der Waals surface area contributed by atoms with Crippen LogP contribution in [0, 0.1) is 0 Å². The number of carbonyl (C=O) groups is 2. The van der Waals surface area contributed by atoms with Gasteiger partial charge in [0.25, 0.3) is 0 Å². The molecule has 11 heteroatoms. The third kappa shape index (κ3) is 30.8. The Morgan fingerprint density at radius 1 is 0.625 bits per heavy atom. The monoisotopic (exact) mass is 906 g/mol. The van der Waals surface area contributed by atoms with Gasteiger partial charge in [0.05, 0.1) is 25.4 Å². The van der Waals surface area contributed by atoms with Crippen LogP contribution in [-0.4, -0.2) is 99.6 Å². The highest BCUT2D eigenvalue weighted by molar-refractivity contribution is 5.80. The summed E-state index contributed by atoms with van der Waals surface area (Å²) in [5, 5.41) is 56.5. The van der Waals surface area contributed by atoms with E-state index in [2.05, 4.69) is 62.5 Å². The Labute approximate surface area is 389 Å². The van der Waals surface area contributed by atoms with Crippen LogP contribution < -0.4 is 5.32 Å². The molecule has 1 aliphatic heterocycles. The third-order valence-electron chi connectivity index (χ3n) is 12.0. The molecule has 1 fully saturated rings. The molecule has 1 aliphatic rings. The van der Waals surface area contributed by atoms with Crippen molar-refractivity contribution in [3.63, 3.8) is 0 Å². The molecule has 8 unspecified atom stereocenters. The highest BCUT2D eigenvalue weighted by atomic mass is 16.7. The first-order chi connectivity index (χ1) is 31.2. The van der Waals surface area contributed by atoms with Crippen molar-refractivity contribution < 1.29 is 49.3 Å². The van der Waals surface area contributed by atoms with Gasteiger partial charge in [-0.1, -0.05) is 185 Å². The molecule has 1 amide bonds. The fourth-order valence-corrected chi connectivity index (χ4v) is 7.79. The van der Waals surface area contributed by atoms with Gasteiger partial charge < -0.3 is 45.1 Å². The van der Waals surface area contributed by atoms with E-state index >= 15 is 0 Å². The van der Waals surface area contributed by atoms with Crippen LogP contribution in [0.2, 0.25) is 0 Å². The zero-order valence-corrected chi connectivity index (χ0v) is 40.6. The number of nitrogens with one attached hydrogen (secondary N) is 1. The summed E-state index contributed by atoms with van der Waals surface area (Å²) in [6.45, 7) is 5.58. The predicted molar refractivity (Wildman–Crippen MR) is 260 cm³/mol. The van der Waals surface area contributed by atoms with Crippen molar-refractivity contribution in [2.45, 2.75) is 262 Å². The van der Waals surface area contributed by atoms with E-state index in [1.54, 1.807) is 6.08 Å². The van der Waals surface area contributed by atoms with Crippen LogP contribution in [0.25, 0.3) is 0 Å². The summed E-state index contributed by atoms with van der Waals surface area (Å²) in [6.07, 6.45) is 37.4. The summed E-state index contributed by atoms with van der Waals surface area (Å²) in [6, 6.07) is -1.03. The first-order valence-electron chi connectivity index (χ1n) is 25.9. The van der Waals surface area contributed by atoms with Crippen LogP contribution in [0.5, 0.6) is 0 Å². The molecular formula is C53H95NO10. The van der Waals surface area contributed by atoms with E-state index in [0.29, 0.717) is 12.8 Å². The number of ether oxygens (including phenoxy) is 3. The van der Waals surface area contributed by atoms with Crippen LogP contribution in [0.3, 0.4) is 0 Å². The van der Waals surface area contributed by atoms with Crippen molar-refractivity contribution in [3.05, 3.63) is 48.6 Å². The van der Waals surface area contributed by atoms with Gasteiger partial charge in [0.1, 0.15) is 24.4 Å². The van der Waals surface area contributed by atoms with Crippen LogP contribution in [0.4, 0.5) is 0 Å². The normalized spacial score (nSPS) is 20.8. The molecule has 0 spiro atoms. The number of amides is 1. The Morgan fingerprint density at radius 3 is 1.73 bits per heavy atom. The molecule has 0 bridgehead atoms. The average Bonchev–Trinajstić information content (AvgIpc) is 3.29. The van der Waals surface area contributed by atoms with Gasteiger partial charge in [0, 0.05) is 6.42 Å². The number of hydrogen-bond donors (Lipinski definition) is 6. The van der Waals surface area contributed by atoms with E-state index in [0.717, 1.165) is 96.3 Å². The van der Waals surface area contributed by atoms with Crippen LogP contribution >= 0.6 is 0 Å². The molecule has 1 saturated heterocycles. The van der Waals surface area contributed by atoms with E-state index in [-0.39, 0.29) is 19.4 Å². The molecule has 0 aromatic heterocycles. The largest absolute Gasteiger partial charge is 0.454 e. The first-order valence-corrected chi connectivity index (χ1v) is 25.9. The molecule has 0 saturated carbocycles. The molecule has 1 rings (SSSR count). The molecule has 8 atom stereocenters. The molecule has 0 radical (unpaired) electrons. The number of carbonyl (C=O) groups excluding carboxylic acids is 2. The maximum absolute atomic E-state index is 13.3. The second-order valence-corrected chi connectivity index (χ2v) is 17.9. The number of aliphatic hydroxyl groups is 5. The Kier molecular flexibility index (Phi) is 39.1. The fourth-order valence-electron chi connectivity index (χ4n) is 7.79. The molecule has 372 valence electrons. The second kappa shape index (κ2) is 42.0. The van der Waals surface area contributed by atoms with Crippen molar-refractivity contribution in [1.29, 1.82) is 0 Å². The molecule has 6 N–H and O–H groups in total. The minimum absolute atomic E-state index is 0.113. The molecule has 0 aromatic rings. The lowest BCUT2D eigenvalue weighted by Crippen LogP contribution is -2.61. The summed E-state index contributed by atoms with van der Waals surface area (Å²) in [7, 11) is 0. The second-order valence-electron chi connectivity index (χ2n) is 17.9. The topological polar surface area (TPSA) is 175 Å². The minimum Gasteiger partial charge on any atom is -0.454 e. The lowest BCUT2D eigenvalue weighted by Gasteiger charge is -2.41. The lowest BCUT2D eigenvalue weighted by atomic mass is 9.99.